The minimum Gasteiger partial charge on any atom is -0.481 e. The molecule has 0 bridgehead atoms. The lowest BCUT2D eigenvalue weighted by molar-refractivity contribution is -0.160. The average Bonchev–Trinajstić information content (AvgIpc) is 2.11. The number of carbonyl (C=O) groups excluding carboxylic acids is 1. The van der Waals surface area contributed by atoms with Gasteiger partial charge in [-0.1, -0.05) is 0 Å². The highest BCUT2D eigenvalue weighted by molar-refractivity contribution is 5.84. The van der Waals surface area contributed by atoms with E-state index in [0.717, 1.165) is 0 Å². The first kappa shape index (κ1) is 15.0. The monoisotopic (exact) mass is 259 g/mol. The van der Waals surface area contributed by atoms with Crippen LogP contribution in [0, 0.1) is 0 Å². The summed E-state index contributed by atoms with van der Waals surface area (Å²) in [6.45, 7) is -1.89. The van der Waals surface area contributed by atoms with E-state index in [0.29, 0.717) is 0 Å². The molecule has 0 aliphatic heterocycles. The van der Waals surface area contributed by atoms with Gasteiger partial charge in [-0.3, -0.25) is 4.79 Å². The number of amides is 1. The zero-order chi connectivity index (χ0) is 13.6. The zero-order valence-electron chi connectivity index (χ0n) is 8.15. The highest BCUT2D eigenvalue weighted by atomic mass is 19.4. The molecule has 98 valence electrons. The van der Waals surface area contributed by atoms with Crippen molar-refractivity contribution < 1.29 is 42.5 Å². The first-order valence-electron chi connectivity index (χ1n) is 4.06. The number of carbonyl (C=O) groups is 3. The van der Waals surface area contributed by atoms with Gasteiger partial charge in [-0.25, -0.2) is 9.59 Å². The second-order valence-corrected chi connectivity index (χ2v) is 2.82. The summed E-state index contributed by atoms with van der Waals surface area (Å²) in [5, 5.41) is 18.2. The van der Waals surface area contributed by atoms with Crippen LogP contribution in [0.5, 0.6) is 0 Å². The molecule has 0 saturated heterocycles. The molecular weight excluding hydrogens is 251 g/mol. The van der Waals surface area contributed by atoms with E-state index in [2.05, 4.69) is 4.74 Å². The summed E-state index contributed by atoms with van der Waals surface area (Å²) in [4.78, 5) is 31.3. The number of rotatable bonds is 5. The number of carboxylic acid groups (broad SMARTS) is 2. The van der Waals surface area contributed by atoms with Crippen molar-refractivity contribution in [1.29, 1.82) is 0 Å². The lowest BCUT2D eigenvalue weighted by Gasteiger charge is -2.13. The van der Waals surface area contributed by atoms with Crippen molar-refractivity contribution in [2.75, 3.05) is 6.61 Å². The van der Waals surface area contributed by atoms with Crippen LogP contribution in [0.1, 0.15) is 6.42 Å². The summed E-state index contributed by atoms with van der Waals surface area (Å²) in [5.74, 6) is -3.23. The lowest BCUT2D eigenvalue weighted by atomic mass is 10.2. The fourth-order valence-corrected chi connectivity index (χ4v) is 0.706. The van der Waals surface area contributed by atoms with Gasteiger partial charge in [0.2, 0.25) is 0 Å². The highest BCUT2D eigenvalue weighted by Crippen LogP contribution is 2.14. The Morgan fingerprint density at radius 3 is 2.12 bits per heavy atom. The molecule has 0 aliphatic rings. The van der Waals surface area contributed by atoms with E-state index in [9.17, 15) is 27.6 Å². The smallest absolute Gasteiger partial charge is 0.422 e. The van der Waals surface area contributed by atoms with Crippen molar-refractivity contribution in [3.8, 4) is 0 Å². The van der Waals surface area contributed by atoms with Crippen molar-refractivity contribution in [3.05, 3.63) is 0 Å². The summed E-state index contributed by atoms with van der Waals surface area (Å²) >= 11 is 0. The van der Waals surface area contributed by atoms with Crippen LogP contribution in [0.25, 0.3) is 0 Å². The Kier molecular flexibility index (Phi) is 5.22. The van der Waals surface area contributed by atoms with Crippen molar-refractivity contribution in [1.82, 2.24) is 5.32 Å². The van der Waals surface area contributed by atoms with E-state index < -0.39 is 43.3 Å². The Hall–Kier alpha value is -2.00. The van der Waals surface area contributed by atoms with Crippen LogP contribution >= 0.6 is 0 Å². The zero-order valence-corrected chi connectivity index (χ0v) is 8.15. The molecular formula is C7H8F3NO6. The standard InChI is InChI=1S/C7H8F3NO6/c8-7(9,10)2-17-6(16)11-3(5(14)15)1-4(12)13/h3H,1-2H2,(H,11,16)(H,12,13)(H,14,15)/t3-/m0/s1. The van der Waals surface area contributed by atoms with E-state index in [1.54, 1.807) is 0 Å². The maximum atomic E-state index is 11.6. The quantitative estimate of drug-likeness (QED) is 0.650. The van der Waals surface area contributed by atoms with Crippen LogP contribution in [0.3, 0.4) is 0 Å². The van der Waals surface area contributed by atoms with Gasteiger partial charge < -0.3 is 20.3 Å². The minimum absolute atomic E-state index is 0.976. The molecule has 0 aromatic heterocycles. The number of ether oxygens (including phenoxy) is 1. The van der Waals surface area contributed by atoms with Gasteiger partial charge in [0, 0.05) is 0 Å². The molecule has 1 atom stereocenters. The van der Waals surface area contributed by atoms with Crippen molar-refractivity contribution >= 4 is 18.0 Å². The second-order valence-electron chi connectivity index (χ2n) is 2.82. The van der Waals surface area contributed by atoms with Gasteiger partial charge in [0.25, 0.3) is 0 Å². The molecule has 0 radical (unpaired) electrons. The second kappa shape index (κ2) is 5.92. The van der Waals surface area contributed by atoms with Gasteiger partial charge in [-0.15, -0.1) is 0 Å². The molecule has 0 spiro atoms. The summed E-state index contributed by atoms with van der Waals surface area (Å²) in [7, 11) is 0. The third-order valence-electron chi connectivity index (χ3n) is 1.34. The van der Waals surface area contributed by atoms with Gasteiger partial charge in [0.1, 0.15) is 6.04 Å². The number of alkyl carbamates (subject to hydrolysis) is 1. The van der Waals surface area contributed by atoms with E-state index in [-0.39, 0.29) is 0 Å². The summed E-state index contributed by atoms with van der Waals surface area (Å²) in [5.41, 5.74) is 0. The maximum absolute atomic E-state index is 11.6. The fourth-order valence-electron chi connectivity index (χ4n) is 0.706. The Morgan fingerprint density at radius 2 is 1.76 bits per heavy atom. The van der Waals surface area contributed by atoms with Crippen LogP contribution < -0.4 is 5.32 Å². The van der Waals surface area contributed by atoms with E-state index >= 15 is 0 Å². The molecule has 3 N–H and O–H groups in total. The van der Waals surface area contributed by atoms with Crippen molar-refractivity contribution in [2.45, 2.75) is 18.6 Å². The van der Waals surface area contributed by atoms with Crippen molar-refractivity contribution in [3.63, 3.8) is 0 Å². The van der Waals surface area contributed by atoms with E-state index in [1.807, 2.05) is 0 Å². The Morgan fingerprint density at radius 1 is 1.24 bits per heavy atom. The third kappa shape index (κ3) is 7.88. The Bertz CT molecular complexity index is 315. The molecule has 0 unspecified atom stereocenters. The van der Waals surface area contributed by atoms with Gasteiger partial charge in [-0.2, -0.15) is 13.2 Å². The number of aliphatic carboxylic acids is 2. The molecule has 7 nitrogen and oxygen atoms in total. The van der Waals surface area contributed by atoms with Gasteiger partial charge in [0.05, 0.1) is 6.42 Å². The van der Waals surface area contributed by atoms with E-state index in [1.165, 1.54) is 5.32 Å². The fraction of sp³-hybridized carbons (Fsp3) is 0.571. The number of nitrogens with one attached hydrogen (secondary N) is 1. The number of halogens is 3. The maximum Gasteiger partial charge on any atom is 0.422 e. The third-order valence-corrected chi connectivity index (χ3v) is 1.34. The molecule has 0 saturated carbocycles. The molecule has 0 rings (SSSR count). The average molecular weight is 259 g/mol. The molecule has 0 heterocycles. The molecule has 10 heteroatoms. The summed E-state index contributed by atoms with van der Waals surface area (Å²) < 4.78 is 38.5. The van der Waals surface area contributed by atoms with Crippen LogP contribution in [0.4, 0.5) is 18.0 Å². The number of hydrogen-bond donors (Lipinski definition) is 3. The van der Waals surface area contributed by atoms with Crippen LogP contribution in [-0.2, 0) is 14.3 Å². The number of alkyl halides is 3. The summed E-state index contributed by atoms with van der Waals surface area (Å²) in [6, 6.07) is -1.85. The Balaban J connectivity index is 4.22. The predicted octanol–water partition coefficient (Wildman–Crippen LogP) is 0.203. The SMILES string of the molecule is O=C(O)C[C@H](NC(=O)OCC(F)(F)F)C(=O)O. The molecule has 17 heavy (non-hydrogen) atoms. The van der Waals surface area contributed by atoms with Crippen LogP contribution in [0.15, 0.2) is 0 Å². The lowest BCUT2D eigenvalue weighted by Crippen LogP contribution is -2.43. The molecule has 0 fully saturated rings. The van der Waals surface area contributed by atoms with Gasteiger partial charge in [-0.05, 0) is 0 Å². The topological polar surface area (TPSA) is 113 Å². The highest BCUT2D eigenvalue weighted by Gasteiger charge is 2.31. The first-order chi connectivity index (χ1) is 7.61. The van der Waals surface area contributed by atoms with E-state index in [4.69, 9.17) is 10.2 Å². The normalized spacial score (nSPS) is 12.6. The largest absolute Gasteiger partial charge is 0.481 e. The molecule has 1 amide bonds. The first-order valence-corrected chi connectivity index (χ1v) is 4.06. The summed E-state index contributed by atoms with van der Waals surface area (Å²) in [6.07, 6.45) is -7.38. The van der Waals surface area contributed by atoms with Crippen LogP contribution in [0.2, 0.25) is 0 Å². The van der Waals surface area contributed by atoms with Crippen LogP contribution in [-0.4, -0.2) is 47.1 Å². The Labute approximate surface area is 92.2 Å². The van der Waals surface area contributed by atoms with Gasteiger partial charge in [0.15, 0.2) is 6.61 Å². The van der Waals surface area contributed by atoms with Gasteiger partial charge >= 0.3 is 24.2 Å². The van der Waals surface area contributed by atoms with Crippen molar-refractivity contribution in [2.24, 2.45) is 0 Å². The predicted molar refractivity (Wildman–Crippen MR) is 44.2 cm³/mol. The number of hydrogen-bond acceptors (Lipinski definition) is 4. The molecule has 0 aliphatic carbocycles. The molecule has 0 aromatic carbocycles. The minimum atomic E-state index is -4.75. The number of carboxylic acids is 2. The molecule has 0 aromatic rings.